The predicted octanol–water partition coefficient (Wildman–Crippen LogP) is 2.04. The van der Waals surface area contributed by atoms with E-state index in [4.69, 9.17) is 9.84 Å². The zero-order chi connectivity index (χ0) is 14.5. The fourth-order valence-electron chi connectivity index (χ4n) is 1.61. The number of methoxy groups -OCH3 is 1. The standard InChI is InChI=1S/C14H12N2O4/c1-20-10-6-4-9(5-7-10)13(17)16-11-3-2-8-15-12(11)14(18)19/h2-8H,1H3,(H,16,17)(H,18,19). The van der Waals surface area contributed by atoms with Gasteiger partial charge in [0.05, 0.1) is 12.8 Å². The number of benzene rings is 1. The molecule has 6 heteroatoms. The number of nitrogens with zero attached hydrogens (tertiary/aromatic N) is 1. The molecule has 6 nitrogen and oxygen atoms in total. The zero-order valence-corrected chi connectivity index (χ0v) is 10.7. The highest BCUT2D eigenvalue weighted by molar-refractivity contribution is 6.07. The fourth-order valence-corrected chi connectivity index (χ4v) is 1.61. The smallest absolute Gasteiger partial charge is 0.356 e. The highest BCUT2D eigenvalue weighted by Gasteiger charge is 2.14. The van der Waals surface area contributed by atoms with E-state index in [-0.39, 0.29) is 11.4 Å². The van der Waals surface area contributed by atoms with Crippen molar-refractivity contribution in [3.8, 4) is 5.75 Å². The van der Waals surface area contributed by atoms with Crippen LogP contribution in [-0.4, -0.2) is 29.1 Å². The van der Waals surface area contributed by atoms with E-state index in [0.717, 1.165) is 0 Å². The molecule has 1 aromatic carbocycles. The molecule has 1 amide bonds. The molecule has 0 bridgehead atoms. The predicted molar refractivity (Wildman–Crippen MR) is 72.1 cm³/mol. The second-order valence-electron chi connectivity index (χ2n) is 3.89. The van der Waals surface area contributed by atoms with Gasteiger partial charge in [-0.3, -0.25) is 4.79 Å². The molecular weight excluding hydrogens is 260 g/mol. The second kappa shape index (κ2) is 5.83. The van der Waals surface area contributed by atoms with Gasteiger partial charge in [0.2, 0.25) is 0 Å². The van der Waals surface area contributed by atoms with Crippen LogP contribution in [0.5, 0.6) is 5.75 Å². The summed E-state index contributed by atoms with van der Waals surface area (Å²) in [5.74, 6) is -0.979. The van der Waals surface area contributed by atoms with Crippen molar-refractivity contribution in [1.82, 2.24) is 4.98 Å². The van der Waals surface area contributed by atoms with E-state index < -0.39 is 11.9 Å². The lowest BCUT2D eigenvalue weighted by atomic mass is 10.2. The lowest BCUT2D eigenvalue weighted by molar-refractivity contribution is 0.0691. The largest absolute Gasteiger partial charge is 0.497 e. The highest BCUT2D eigenvalue weighted by atomic mass is 16.5. The number of carbonyl (C=O) groups is 2. The number of amides is 1. The van der Waals surface area contributed by atoms with Crippen LogP contribution in [0.4, 0.5) is 5.69 Å². The third kappa shape index (κ3) is 2.92. The van der Waals surface area contributed by atoms with Crippen molar-refractivity contribution < 1.29 is 19.4 Å². The average molecular weight is 272 g/mol. The van der Waals surface area contributed by atoms with Gasteiger partial charge in [-0.25, -0.2) is 9.78 Å². The third-order valence-corrected chi connectivity index (χ3v) is 2.61. The molecule has 0 aliphatic rings. The number of hydrogen-bond donors (Lipinski definition) is 2. The number of carboxylic acid groups (broad SMARTS) is 1. The van der Waals surface area contributed by atoms with Crippen LogP contribution in [0.1, 0.15) is 20.8 Å². The van der Waals surface area contributed by atoms with Crippen molar-refractivity contribution in [2.75, 3.05) is 12.4 Å². The summed E-state index contributed by atoms with van der Waals surface area (Å²) in [6.07, 6.45) is 1.35. The Morgan fingerprint density at radius 1 is 1.20 bits per heavy atom. The molecule has 0 saturated carbocycles. The SMILES string of the molecule is COc1ccc(C(=O)Nc2cccnc2C(=O)O)cc1. The Hall–Kier alpha value is -2.89. The molecule has 0 spiro atoms. The first-order valence-electron chi connectivity index (χ1n) is 5.75. The maximum Gasteiger partial charge on any atom is 0.356 e. The molecule has 102 valence electrons. The Balaban J connectivity index is 2.21. The summed E-state index contributed by atoms with van der Waals surface area (Å²) in [6, 6.07) is 9.51. The lowest BCUT2D eigenvalue weighted by Crippen LogP contribution is -2.15. The molecule has 1 aromatic heterocycles. The van der Waals surface area contributed by atoms with Crippen LogP contribution in [-0.2, 0) is 0 Å². The van der Waals surface area contributed by atoms with Crippen LogP contribution in [0.3, 0.4) is 0 Å². The number of carboxylic acids is 1. The maximum absolute atomic E-state index is 12.0. The fraction of sp³-hybridized carbons (Fsp3) is 0.0714. The van der Waals surface area contributed by atoms with Crippen molar-refractivity contribution in [2.45, 2.75) is 0 Å². The second-order valence-corrected chi connectivity index (χ2v) is 3.89. The number of anilines is 1. The number of hydrogen-bond acceptors (Lipinski definition) is 4. The molecule has 2 N–H and O–H groups in total. The molecule has 0 atom stereocenters. The Morgan fingerprint density at radius 2 is 1.90 bits per heavy atom. The van der Waals surface area contributed by atoms with Crippen LogP contribution in [0.25, 0.3) is 0 Å². The summed E-state index contributed by atoms with van der Waals surface area (Å²) in [5, 5.41) is 11.5. The van der Waals surface area contributed by atoms with Gasteiger partial charge in [-0.15, -0.1) is 0 Å². The van der Waals surface area contributed by atoms with Gasteiger partial charge in [-0.2, -0.15) is 0 Å². The zero-order valence-electron chi connectivity index (χ0n) is 10.7. The van der Waals surface area contributed by atoms with Crippen molar-refractivity contribution in [2.24, 2.45) is 0 Å². The lowest BCUT2D eigenvalue weighted by Gasteiger charge is -2.08. The summed E-state index contributed by atoms with van der Waals surface area (Å²) in [4.78, 5) is 26.7. The van der Waals surface area contributed by atoms with Gasteiger partial charge < -0.3 is 15.2 Å². The number of carbonyl (C=O) groups excluding carboxylic acids is 1. The summed E-state index contributed by atoms with van der Waals surface area (Å²) in [6.45, 7) is 0. The maximum atomic E-state index is 12.0. The van der Waals surface area contributed by atoms with Crippen LogP contribution < -0.4 is 10.1 Å². The van der Waals surface area contributed by atoms with Crippen LogP contribution in [0.2, 0.25) is 0 Å². The topological polar surface area (TPSA) is 88.5 Å². The quantitative estimate of drug-likeness (QED) is 0.889. The molecule has 0 aliphatic heterocycles. The molecule has 2 rings (SSSR count). The van der Waals surface area contributed by atoms with Gasteiger partial charge in [-0.1, -0.05) is 0 Å². The Morgan fingerprint density at radius 3 is 2.50 bits per heavy atom. The monoisotopic (exact) mass is 272 g/mol. The van der Waals surface area contributed by atoms with Gasteiger partial charge in [0.25, 0.3) is 5.91 Å². The summed E-state index contributed by atoms with van der Waals surface area (Å²) in [5.41, 5.74) is 0.348. The van der Waals surface area contributed by atoms with E-state index in [9.17, 15) is 9.59 Å². The van der Waals surface area contributed by atoms with Crippen molar-refractivity contribution in [3.63, 3.8) is 0 Å². The van der Waals surface area contributed by atoms with E-state index in [1.165, 1.54) is 19.4 Å². The normalized spacial score (nSPS) is 9.85. The molecule has 1 heterocycles. The number of nitrogens with one attached hydrogen (secondary N) is 1. The number of pyridine rings is 1. The average Bonchev–Trinajstić information content (AvgIpc) is 2.47. The van der Waals surface area contributed by atoms with Crippen LogP contribution >= 0.6 is 0 Å². The van der Waals surface area contributed by atoms with Gasteiger partial charge >= 0.3 is 5.97 Å². The minimum absolute atomic E-state index is 0.154. The van der Waals surface area contributed by atoms with E-state index in [2.05, 4.69) is 10.3 Å². The first-order chi connectivity index (χ1) is 9.61. The number of aromatic nitrogens is 1. The molecule has 0 saturated heterocycles. The molecule has 20 heavy (non-hydrogen) atoms. The molecule has 0 fully saturated rings. The van der Waals surface area contributed by atoms with Gasteiger partial charge in [0, 0.05) is 11.8 Å². The first-order valence-corrected chi connectivity index (χ1v) is 5.75. The Kier molecular flexibility index (Phi) is 3.95. The molecular formula is C14H12N2O4. The van der Waals surface area contributed by atoms with E-state index in [1.807, 2.05) is 0 Å². The van der Waals surface area contributed by atoms with Crippen molar-refractivity contribution in [3.05, 3.63) is 53.9 Å². The minimum Gasteiger partial charge on any atom is -0.497 e. The van der Waals surface area contributed by atoms with E-state index >= 15 is 0 Å². The Bertz CT molecular complexity index is 638. The van der Waals surface area contributed by atoms with Gasteiger partial charge in [0.15, 0.2) is 5.69 Å². The summed E-state index contributed by atoms with van der Waals surface area (Å²) >= 11 is 0. The number of ether oxygens (including phenoxy) is 1. The van der Waals surface area contributed by atoms with Gasteiger partial charge in [-0.05, 0) is 36.4 Å². The third-order valence-electron chi connectivity index (χ3n) is 2.61. The molecule has 0 aliphatic carbocycles. The molecule has 0 unspecified atom stereocenters. The van der Waals surface area contributed by atoms with Crippen molar-refractivity contribution in [1.29, 1.82) is 0 Å². The van der Waals surface area contributed by atoms with E-state index in [1.54, 1.807) is 30.3 Å². The van der Waals surface area contributed by atoms with Gasteiger partial charge in [0.1, 0.15) is 5.75 Å². The molecule has 2 aromatic rings. The highest BCUT2D eigenvalue weighted by Crippen LogP contribution is 2.15. The van der Waals surface area contributed by atoms with E-state index in [0.29, 0.717) is 11.3 Å². The summed E-state index contributed by atoms with van der Waals surface area (Å²) < 4.78 is 5.00. The van der Waals surface area contributed by atoms with Crippen LogP contribution in [0.15, 0.2) is 42.6 Å². The van der Waals surface area contributed by atoms with Crippen LogP contribution in [0, 0.1) is 0 Å². The first kappa shape index (κ1) is 13.5. The Labute approximate surface area is 115 Å². The number of aromatic carboxylic acids is 1. The molecule has 0 radical (unpaired) electrons. The summed E-state index contributed by atoms with van der Waals surface area (Å²) in [7, 11) is 1.53. The number of rotatable bonds is 4. The van der Waals surface area contributed by atoms with Crippen molar-refractivity contribution >= 4 is 17.6 Å². The minimum atomic E-state index is -1.20.